The highest BCUT2D eigenvalue weighted by molar-refractivity contribution is 9.09. The number of hydrogen-bond acceptors (Lipinski definition) is 6. The average molecular weight is 504 g/mol. The van der Waals surface area contributed by atoms with Gasteiger partial charge in [-0.3, -0.25) is 0 Å². The maximum absolute atomic E-state index is 11.2. The van der Waals surface area contributed by atoms with Crippen molar-refractivity contribution in [2.45, 2.75) is 48.6 Å². The number of piperidine rings is 2. The Morgan fingerprint density at radius 3 is 1.50 bits per heavy atom. The van der Waals surface area contributed by atoms with Crippen LogP contribution in [0.4, 0.5) is 9.59 Å². The quantitative estimate of drug-likeness (QED) is 0.558. The van der Waals surface area contributed by atoms with Gasteiger partial charge in [-0.15, -0.1) is 0 Å². The second-order valence-electron chi connectivity index (χ2n) is 6.03. The second kappa shape index (κ2) is 12.0. The number of rotatable bonds is 2. The minimum absolute atomic E-state index is 0.0955. The van der Waals surface area contributed by atoms with Crippen LogP contribution in [-0.2, 0) is 9.47 Å². The molecule has 0 radical (unpaired) electrons. The number of amides is 2. The summed E-state index contributed by atoms with van der Waals surface area (Å²) in [4.78, 5) is 25.7. The van der Waals surface area contributed by atoms with Crippen molar-refractivity contribution < 1.29 is 29.3 Å². The normalized spacial score (nSPS) is 28.7. The zero-order valence-corrected chi connectivity index (χ0v) is 18.3. The molecule has 0 aromatic rings. The minimum atomic E-state index is -0.488. The molecule has 152 valence electrons. The zero-order chi connectivity index (χ0) is 19.7. The van der Waals surface area contributed by atoms with E-state index in [0.717, 1.165) is 12.8 Å². The number of carbonyl (C=O) groups excluding carboxylic acids is 2. The van der Waals surface area contributed by atoms with Crippen molar-refractivity contribution in [1.82, 2.24) is 9.80 Å². The fourth-order valence-electron chi connectivity index (χ4n) is 2.57. The van der Waals surface area contributed by atoms with Gasteiger partial charge in [-0.1, -0.05) is 31.9 Å². The van der Waals surface area contributed by atoms with Crippen LogP contribution in [0.2, 0.25) is 0 Å². The first-order valence-electron chi connectivity index (χ1n) is 8.77. The van der Waals surface area contributed by atoms with Gasteiger partial charge < -0.3 is 29.5 Å². The standard InChI is InChI=1S/2C8H14BrNO3/c2*1-2-13-8(12)10-4-3-6(9)7(11)5-10/h2*6-7,11H,2-5H2,1H3/t2*6-,7-/m10/s1. The van der Waals surface area contributed by atoms with E-state index in [1.54, 1.807) is 13.8 Å². The van der Waals surface area contributed by atoms with Gasteiger partial charge in [-0.2, -0.15) is 0 Å². The van der Waals surface area contributed by atoms with Crippen LogP contribution < -0.4 is 0 Å². The summed E-state index contributed by atoms with van der Waals surface area (Å²) in [5.74, 6) is 0. The molecule has 0 aromatic carbocycles. The summed E-state index contributed by atoms with van der Waals surface area (Å²) in [7, 11) is 0. The van der Waals surface area contributed by atoms with Crippen molar-refractivity contribution in [3.63, 3.8) is 0 Å². The molecule has 4 atom stereocenters. The molecule has 8 nitrogen and oxygen atoms in total. The van der Waals surface area contributed by atoms with E-state index in [0.29, 0.717) is 39.4 Å². The molecule has 2 saturated heterocycles. The topological polar surface area (TPSA) is 99.5 Å². The van der Waals surface area contributed by atoms with Crippen LogP contribution in [-0.4, -0.2) is 93.5 Å². The van der Waals surface area contributed by atoms with Crippen molar-refractivity contribution in [3.8, 4) is 0 Å². The number of hydrogen-bond donors (Lipinski definition) is 2. The highest BCUT2D eigenvalue weighted by Crippen LogP contribution is 2.19. The Morgan fingerprint density at radius 1 is 0.885 bits per heavy atom. The molecular weight excluding hydrogens is 476 g/mol. The van der Waals surface area contributed by atoms with Crippen LogP contribution in [0.1, 0.15) is 26.7 Å². The number of alkyl halides is 2. The van der Waals surface area contributed by atoms with Crippen LogP contribution in [0.25, 0.3) is 0 Å². The molecule has 0 saturated carbocycles. The third-order valence-electron chi connectivity index (χ3n) is 4.05. The lowest BCUT2D eigenvalue weighted by atomic mass is 10.1. The SMILES string of the molecule is CCOC(=O)N1CC[C@@H](Br)[C@H](O)C1.CCOC(=O)N1CC[C@H](Br)[C@@H](O)C1. The average Bonchev–Trinajstić information content (AvgIpc) is 2.60. The number of halogens is 2. The third kappa shape index (κ3) is 7.58. The molecule has 10 heteroatoms. The second-order valence-corrected chi connectivity index (χ2v) is 8.39. The van der Waals surface area contributed by atoms with E-state index in [9.17, 15) is 19.8 Å². The molecule has 2 amide bonds. The first-order valence-corrected chi connectivity index (χ1v) is 10.6. The molecule has 2 rings (SSSR count). The van der Waals surface area contributed by atoms with Gasteiger partial charge in [0.1, 0.15) is 0 Å². The minimum Gasteiger partial charge on any atom is -0.450 e. The molecule has 0 aliphatic carbocycles. The van der Waals surface area contributed by atoms with E-state index < -0.39 is 12.2 Å². The Hall–Kier alpha value is -0.580. The third-order valence-corrected chi connectivity index (χ3v) is 6.19. The molecule has 0 aromatic heterocycles. The van der Waals surface area contributed by atoms with Gasteiger partial charge in [0.25, 0.3) is 0 Å². The molecule has 2 heterocycles. The summed E-state index contributed by atoms with van der Waals surface area (Å²) in [6.45, 7) is 6.30. The van der Waals surface area contributed by atoms with Gasteiger partial charge in [0, 0.05) is 22.7 Å². The molecule has 26 heavy (non-hydrogen) atoms. The van der Waals surface area contributed by atoms with Crippen molar-refractivity contribution in [2.75, 3.05) is 39.4 Å². The highest BCUT2D eigenvalue weighted by Gasteiger charge is 2.29. The van der Waals surface area contributed by atoms with Crippen LogP contribution in [0.15, 0.2) is 0 Å². The van der Waals surface area contributed by atoms with E-state index in [1.807, 2.05) is 0 Å². The summed E-state index contributed by atoms with van der Waals surface area (Å²) < 4.78 is 9.65. The number of nitrogens with zero attached hydrogens (tertiary/aromatic N) is 2. The van der Waals surface area contributed by atoms with Crippen molar-refractivity contribution >= 4 is 44.0 Å². The molecule has 2 aliphatic rings. The Kier molecular flexibility index (Phi) is 10.8. The van der Waals surface area contributed by atoms with Crippen molar-refractivity contribution in [3.05, 3.63) is 0 Å². The number of aliphatic hydroxyl groups excluding tert-OH is 2. The van der Waals surface area contributed by atoms with Crippen molar-refractivity contribution in [2.24, 2.45) is 0 Å². The fraction of sp³-hybridized carbons (Fsp3) is 0.875. The van der Waals surface area contributed by atoms with Gasteiger partial charge in [0.2, 0.25) is 0 Å². The van der Waals surface area contributed by atoms with E-state index in [-0.39, 0.29) is 21.8 Å². The van der Waals surface area contributed by atoms with Crippen molar-refractivity contribution in [1.29, 1.82) is 0 Å². The summed E-state index contributed by atoms with van der Waals surface area (Å²) in [5, 5.41) is 18.9. The lowest BCUT2D eigenvalue weighted by molar-refractivity contribution is 0.0555. The summed E-state index contributed by atoms with van der Waals surface area (Å²) in [5.41, 5.74) is 0. The smallest absolute Gasteiger partial charge is 0.409 e. The number of carbonyl (C=O) groups is 2. The van der Waals surface area contributed by atoms with Crippen LogP contribution in [0.3, 0.4) is 0 Å². The van der Waals surface area contributed by atoms with E-state index in [2.05, 4.69) is 31.9 Å². The number of aliphatic hydroxyl groups is 2. The Labute approximate surface area is 171 Å². The molecule has 2 aliphatic heterocycles. The van der Waals surface area contributed by atoms with Crippen LogP contribution in [0.5, 0.6) is 0 Å². The van der Waals surface area contributed by atoms with E-state index in [1.165, 1.54) is 9.80 Å². The summed E-state index contributed by atoms with van der Waals surface area (Å²) in [6.07, 6.45) is -0.113. The first-order chi connectivity index (χ1) is 12.3. The maximum atomic E-state index is 11.2. The maximum Gasteiger partial charge on any atom is 0.409 e. The van der Waals surface area contributed by atoms with Crippen LogP contribution >= 0.6 is 31.9 Å². The predicted molar refractivity (Wildman–Crippen MR) is 104 cm³/mol. The Balaban J connectivity index is 0.000000260. The molecule has 2 N–H and O–H groups in total. The molecule has 0 bridgehead atoms. The zero-order valence-electron chi connectivity index (χ0n) is 15.1. The predicted octanol–water partition coefficient (Wildman–Crippen LogP) is 1.95. The highest BCUT2D eigenvalue weighted by atomic mass is 79.9. The number of likely N-dealkylation sites (tertiary alicyclic amines) is 2. The molecular formula is C16H28Br2N2O6. The Bertz CT molecular complexity index is 416. The van der Waals surface area contributed by atoms with Gasteiger partial charge >= 0.3 is 12.2 Å². The lowest BCUT2D eigenvalue weighted by Gasteiger charge is -2.32. The van der Waals surface area contributed by atoms with E-state index in [4.69, 9.17) is 9.47 Å². The van der Waals surface area contributed by atoms with Gasteiger partial charge in [0.05, 0.1) is 38.5 Å². The van der Waals surface area contributed by atoms with Crippen LogP contribution in [0, 0.1) is 0 Å². The Morgan fingerprint density at radius 2 is 1.23 bits per heavy atom. The summed E-state index contributed by atoms with van der Waals surface area (Å²) in [6, 6.07) is 0. The molecule has 0 spiro atoms. The largest absolute Gasteiger partial charge is 0.450 e. The lowest BCUT2D eigenvalue weighted by Crippen LogP contribution is -2.47. The monoisotopic (exact) mass is 502 g/mol. The van der Waals surface area contributed by atoms with E-state index >= 15 is 0 Å². The molecule has 2 fully saturated rings. The fourth-order valence-corrected chi connectivity index (χ4v) is 3.31. The number of ether oxygens (including phenoxy) is 2. The van der Waals surface area contributed by atoms with Gasteiger partial charge in [-0.25, -0.2) is 9.59 Å². The first kappa shape index (κ1) is 23.5. The van der Waals surface area contributed by atoms with Gasteiger partial charge in [0.15, 0.2) is 0 Å². The number of β-amino-alcohol motifs (C(OH)–C–C–N with tert-alkyl or cyclic N) is 2. The molecule has 0 unspecified atom stereocenters. The summed E-state index contributed by atoms with van der Waals surface area (Å²) >= 11 is 6.68. The van der Waals surface area contributed by atoms with Gasteiger partial charge in [-0.05, 0) is 26.7 Å².